The third kappa shape index (κ3) is 2.82. The van der Waals surface area contributed by atoms with E-state index in [2.05, 4.69) is 16.8 Å². The number of methoxy groups -OCH3 is 1. The van der Waals surface area contributed by atoms with E-state index < -0.39 is 0 Å². The summed E-state index contributed by atoms with van der Waals surface area (Å²) in [5, 5.41) is 0.999. The van der Waals surface area contributed by atoms with Crippen LogP contribution in [0, 0.1) is 11.8 Å². The van der Waals surface area contributed by atoms with Crippen molar-refractivity contribution in [2.24, 2.45) is 0 Å². The van der Waals surface area contributed by atoms with Gasteiger partial charge in [-0.1, -0.05) is 36.3 Å². The van der Waals surface area contributed by atoms with E-state index in [1.807, 2.05) is 36.4 Å². The minimum absolute atomic E-state index is 0.273. The van der Waals surface area contributed by atoms with Gasteiger partial charge in [0, 0.05) is 17.1 Å². The molecule has 22 heavy (non-hydrogen) atoms. The molecule has 2 aromatic carbocycles. The number of rotatable bonds is 2. The van der Waals surface area contributed by atoms with Crippen molar-refractivity contribution in [3.05, 3.63) is 71.9 Å². The number of benzene rings is 2. The van der Waals surface area contributed by atoms with E-state index in [9.17, 15) is 4.79 Å². The second kappa shape index (κ2) is 6.11. The highest BCUT2D eigenvalue weighted by Gasteiger charge is 2.08. The van der Waals surface area contributed by atoms with Crippen LogP contribution in [0.2, 0.25) is 0 Å². The van der Waals surface area contributed by atoms with Crippen molar-refractivity contribution in [3.8, 4) is 17.6 Å². The van der Waals surface area contributed by atoms with Gasteiger partial charge in [-0.2, -0.15) is 0 Å². The van der Waals surface area contributed by atoms with Crippen LogP contribution in [0.5, 0.6) is 5.75 Å². The van der Waals surface area contributed by atoms with Crippen molar-refractivity contribution in [1.29, 1.82) is 0 Å². The van der Waals surface area contributed by atoms with E-state index in [-0.39, 0.29) is 5.78 Å². The number of carbonyl (C=O) groups excluding carboxylic acids is 1. The van der Waals surface area contributed by atoms with Crippen LogP contribution in [0.15, 0.2) is 60.8 Å². The number of pyridine rings is 1. The Kier molecular flexibility index (Phi) is 3.84. The predicted octanol–water partition coefficient (Wildman–Crippen LogP) is 3.48. The molecule has 0 saturated carbocycles. The molecule has 0 spiro atoms. The molecule has 0 amide bonds. The number of carbonyl (C=O) groups is 1. The van der Waals surface area contributed by atoms with Crippen molar-refractivity contribution in [2.45, 2.75) is 0 Å². The molecule has 3 rings (SSSR count). The first-order chi connectivity index (χ1) is 10.8. The quantitative estimate of drug-likeness (QED) is 0.535. The van der Waals surface area contributed by atoms with Crippen LogP contribution >= 0.6 is 0 Å². The molecule has 0 unspecified atom stereocenters. The zero-order valence-electron chi connectivity index (χ0n) is 12.0. The Labute approximate surface area is 128 Å². The number of aromatic nitrogens is 1. The summed E-state index contributed by atoms with van der Waals surface area (Å²) in [6.45, 7) is 0. The fourth-order valence-electron chi connectivity index (χ4n) is 2.17. The summed E-state index contributed by atoms with van der Waals surface area (Å²) in [7, 11) is 1.53. The Bertz CT molecular complexity index is 904. The zero-order valence-corrected chi connectivity index (χ0v) is 12.0. The van der Waals surface area contributed by atoms with Crippen LogP contribution in [0.3, 0.4) is 0 Å². The summed E-state index contributed by atoms with van der Waals surface area (Å²) in [6, 6.07) is 16.8. The smallest absolute Gasteiger partial charge is 0.239 e. The number of para-hydroxylation sites is 2. The maximum Gasteiger partial charge on any atom is 0.239 e. The molecule has 1 heterocycles. The highest BCUT2D eigenvalue weighted by Crippen LogP contribution is 2.17. The molecule has 0 N–H and O–H groups in total. The third-order valence-corrected chi connectivity index (χ3v) is 3.26. The average Bonchev–Trinajstić information content (AvgIpc) is 2.59. The van der Waals surface area contributed by atoms with Crippen LogP contribution in [0.25, 0.3) is 10.9 Å². The first-order valence-electron chi connectivity index (χ1n) is 6.82. The number of hydrogen-bond donors (Lipinski definition) is 0. The van der Waals surface area contributed by atoms with Crippen LogP contribution in [0.1, 0.15) is 15.9 Å². The number of Topliss-reactive ketones (excluding diaryl/α,β-unsaturated/α-hetero) is 1. The average molecular weight is 287 g/mol. The largest absolute Gasteiger partial charge is 0.496 e. The summed E-state index contributed by atoms with van der Waals surface area (Å²) >= 11 is 0. The van der Waals surface area contributed by atoms with Gasteiger partial charge in [0.25, 0.3) is 0 Å². The molecule has 0 aliphatic rings. The normalized spacial score (nSPS) is 9.86. The molecular formula is C19H13NO2. The van der Waals surface area contributed by atoms with E-state index >= 15 is 0 Å². The molecule has 0 saturated heterocycles. The van der Waals surface area contributed by atoms with E-state index in [0.717, 1.165) is 10.9 Å². The summed E-state index contributed by atoms with van der Waals surface area (Å²) in [6.07, 6.45) is 1.67. The fourth-order valence-corrected chi connectivity index (χ4v) is 2.17. The SMILES string of the molecule is COc1ccccc1C(=O)C#Cc1cnc2ccccc2c1. The van der Waals surface area contributed by atoms with Gasteiger partial charge in [-0.25, -0.2) is 0 Å². The van der Waals surface area contributed by atoms with Crippen molar-refractivity contribution in [2.75, 3.05) is 7.11 Å². The number of ether oxygens (including phenoxy) is 1. The molecule has 0 bridgehead atoms. The van der Waals surface area contributed by atoms with Crippen LogP contribution in [-0.2, 0) is 0 Å². The standard InChI is InChI=1S/C19H13NO2/c1-22-19-9-5-3-7-16(19)18(21)11-10-14-12-15-6-2-4-8-17(15)20-13-14/h2-9,12-13H,1H3. The molecule has 0 atom stereocenters. The van der Waals surface area contributed by atoms with E-state index in [1.165, 1.54) is 7.11 Å². The Morgan fingerprint density at radius 1 is 1.09 bits per heavy atom. The van der Waals surface area contributed by atoms with Crippen molar-refractivity contribution < 1.29 is 9.53 Å². The summed E-state index contributed by atoms with van der Waals surface area (Å²) in [5.74, 6) is 5.77. The second-order valence-electron chi connectivity index (χ2n) is 4.70. The van der Waals surface area contributed by atoms with Gasteiger partial charge in [-0.3, -0.25) is 9.78 Å². The molecule has 0 aliphatic heterocycles. The molecule has 0 aliphatic carbocycles. The monoisotopic (exact) mass is 287 g/mol. The summed E-state index contributed by atoms with van der Waals surface area (Å²) < 4.78 is 5.18. The lowest BCUT2D eigenvalue weighted by Crippen LogP contribution is -1.99. The first-order valence-corrected chi connectivity index (χ1v) is 6.82. The third-order valence-electron chi connectivity index (χ3n) is 3.26. The van der Waals surface area contributed by atoms with E-state index in [0.29, 0.717) is 16.9 Å². The molecule has 3 heteroatoms. The summed E-state index contributed by atoms with van der Waals surface area (Å²) in [4.78, 5) is 16.5. The molecular weight excluding hydrogens is 274 g/mol. The highest BCUT2D eigenvalue weighted by molar-refractivity contribution is 6.11. The molecule has 1 aromatic heterocycles. The van der Waals surface area contributed by atoms with Gasteiger partial charge >= 0.3 is 0 Å². The maximum absolute atomic E-state index is 12.2. The lowest BCUT2D eigenvalue weighted by atomic mass is 10.1. The Morgan fingerprint density at radius 3 is 2.73 bits per heavy atom. The topological polar surface area (TPSA) is 39.2 Å². The van der Waals surface area contributed by atoms with Crippen molar-refractivity contribution in [1.82, 2.24) is 4.98 Å². The number of fused-ring (bicyclic) bond motifs is 1. The lowest BCUT2D eigenvalue weighted by molar-refractivity contribution is 0.105. The van der Waals surface area contributed by atoms with Gasteiger partial charge in [-0.05, 0) is 30.2 Å². The molecule has 3 aromatic rings. The van der Waals surface area contributed by atoms with Crippen LogP contribution in [0.4, 0.5) is 0 Å². The Morgan fingerprint density at radius 2 is 1.86 bits per heavy atom. The fraction of sp³-hybridized carbons (Fsp3) is 0.0526. The van der Waals surface area contributed by atoms with Crippen molar-refractivity contribution in [3.63, 3.8) is 0 Å². The van der Waals surface area contributed by atoms with Gasteiger partial charge in [0.2, 0.25) is 5.78 Å². The predicted molar refractivity (Wildman–Crippen MR) is 85.9 cm³/mol. The van der Waals surface area contributed by atoms with Crippen LogP contribution < -0.4 is 4.74 Å². The molecule has 0 radical (unpaired) electrons. The van der Waals surface area contributed by atoms with Gasteiger partial charge in [0.05, 0.1) is 18.2 Å². The number of nitrogens with zero attached hydrogens (tertiary/aromatic N) is 1. The van der Waals surface area contributed by atoms with Gasteiger partial charge in [0.15, 0.2) is 0 Å². The van der Waals surface area contributed by atoms with E-state index in [4.69, 9.17) is 4.74 Å². The van der Waals surface area contributed by atoms with Crippen molar-refractivity contribution >= 4 is 16.7 Å². The zero-order chi connectivity index (χ0) is 15.4. The van der Waals surface area contributed by atoms with Gasteiger partial charge in [-0.15, -0.1) is 0 Å². The minimum atomic E-state index is -0.273. The highest BCUT2D eigenvalue weighted by atomic mass is 16.5. The summed E-state index contributed by atoms with van der Waals surface area (Å²) in [5.41, 5.74) is 2.08. The lowest BCUT2D eigenvalue weighted by Gasteiger charge is -2.03. The Balaban J connectivity index is 1.92. The van der Waals surface area contributed by atoms with E-state index in [1.54, 1.807) is 24.4 Å². The number of hydrogen-bond acceptors (Lipinski definition) is 3. The Hall–Kier alpha value is -3.12. The molecule has 106 valence electrons. The molecule has 3 nitrogen and oxygen atoms in total. The minimum Gasteiger partial charge on any atom is -0.496 e. The van der Waals surface area contributed by atoms with Gasteiger partial charge in [0.1, 0.15) is 5.75 Å². The first kappa shape index (κ1) is 13.8. The second-order valence-corrected chi connectivity index (χ2v) is 4.70. The number of ketones is 1. The van der Waals surface area contributed by atoms with Gasteiger partial charge < -0.3 is 4.74 Å². The molecule has 0 fully saturated rings. The van der Waals surface area contributed by atoms with Crippen LogP contribution in [-0.4, -0.2) is 17.9 Å². The maximum atomic E-state index is 12.2.